The van der Waals surface area contributed by atoms with Gasteiger partial charge in [-0.1, -0.05) is 6.92 Å². The van der Waals surface area contributed by atoms with Crippen LogP contribution < -0.4 is 5.32 Å². The lowest BCUT2D eigenvalue weighted by molar-refractivity contribution is 0.0594. The minimum atomic E-state index is -1.24. The van der Waals surface area contributed by atoms with Crippen LogP contribution in [-0.4, -0.2) is 35.3 Å². The Balaban J connectivity index is 2.76. The van der Waals surface area contributed by atoms with Crippen molar-refractivity contribution in [2.75, 3.05) is 25.2 Å². The average molecular weight is 305 g/mol. The number of hydrogen-bond donors (Lipinski definition) is 1. The van der Waals surface area contributed by atoms with Gasteiger partial charge in [-0.3, -0.25) is 4.21 Å². The van der Waals surface area contributed by atoms with Gasteiger partial charge in [-0.2, -0.15) is 0 Å². The number of ether oxygens (including phenoxy) is 1. The van der Waals surface area contributed by atoms with Gasteiger partial charge < -0.3 is 10.1 Å². The Labute approximate surface area is 119 Å². The van der Waals surface area contributed by atoms with Crippen molar-refractivity contribution in [3.05, 3.63) is 29.3 Å². The second kappa shape index (κ2) is 7.33. The molecule has 7 heteroatoms. The van der Waals surface area contributed by atoms with Crippen molar-refractivity contribution in [1.82, 2.24) is 0 Å². The number of benzene rings is 1. The van der Waals surface area contributed by atoms with Gasteiger partial charge in [0.05, 0.1) is 18.4 Å². The van der Waals surface area contributed by atoms with Crippen molar-refractivity contribution in [3.8, 4) is 0 Å². The molecule has 0 aliphatic carbocycles. The molecule has 112 valence electrons. The highest BCUT2D eigenvalue weighted by atomic mass is 32.2. The maximum atomic E-state index is 13.7. The Bertz CT molecular complexity index is 523. The summed E-state index contributed by atoms with van der Waals surface area (Å²) in [6, 6.07) is 2.44. The van der Waals surface area contributed by atoms with E-state index < -0.39 is 34.0 Å². The fourth-order valence-electron chi connectivity index (χ4n) is 1.53. The molecule has 0 amide bonds. The minimum absolute atomic E-state index is 0.0373. The van der Waals surface area contributed by atoms with Gasteiger partial charge >= 0.3 is 5.97 Å². The number of halogens is 2. The maximum Gasteiger partial charge on any atom is 0.340 e. The molecule has 20 heavy (non-hydrogen) atoms. The fourth-order valence-corrected chi connectivity index (χ4v) is 1.98. The second-order valence-corrected chi connectivity index (χ2v) is 6.11. The molecule has 0 aromatic heterocycles. The van der Waals surface area contributed by atoms with Gasteiger partial charge in [-0.25, -0.2) is 13.6 Å². The van der Waals surface area contributed by atoms with Crippen molar-refractivity contribution in [2.24, 2.45) is 0 Å². The monoisotopic (exact) mass is 305 g/mol. The molecule has 0 aliphatic heterocycles. The lowest BCUT2D eigenvalue weighted by Crippen LogP contribution is -2.16. The number of methoxy groups -OCH3 is 1. The highest BCUT2D eigenvalue weighted by molar-refractivity contribution is 7.84. The molecule has 4 nitrogen and oxygen atoms in total. The molecule has 0 saturated heterocycles. The van der Waals surface area contributed by atoms with Crippen molar-refractivity contribution < 1.29 is 22.5 Å². The summed E-state index contributed by atoms with van der Waals surface area (Å²) in [4.78, 5) is 11.2. The van der Waals surface area contributed by atoms with Crippen molar-refractivity contribution in [1.29, 1.82) is 0 Å². The van der Waals surface area contributed by atoms with E-state index in [-0.39, 0.29) is 10.9 Å². The summed E-state index contributed by atoms with van der Waals surface area (Å²) in [5.41, 5.74) is -0.484. The lowest BCUT2D eigenvalue weighted by atomic mass is 10.1. The molecule has 0 spiro atoms. The van der Waals surface area contributed by atoms with Gasteiger partial charge in [0.2, 0.25) is 0 Å². The SMILES string of the molecule is COC(=O)c1ccc(NCCC(C)S(C)=O)c(F)c1F. The number of hydrogen-bond acceptors (Lipinski definition) is 4. The molecular formula is C13H17F2NO3S. The first-order chi connectivity index (χ1) is 9.38. The van der Waals surface area contributed by atoms with E-state index in [0.29, 0.717) is 13.0 Å². The van der Waals surface area contributed by atoms with Gasteiger partial charge in [-0.05, 0) is 18.6 Å². The first kappa shape index (κ1) is 16.6. The van der Waals surface area contributed by atoms with E-state index in [1.54, 1.807) is 6.26 Å². The van der Waals surface area contributed by atoms with E-state index in [9.17, 15) is 17.8 Å². The molecule has 2 atom stereocenters. The molecule has 1 rings (SSSR count). The van der Waals surface area contributed by atoms with Crippen LogP contribution >= 0.6 is 0 Å². The predicted octanol–water partition coefficient (Wildman–Crippen LogP) is 2.32. The van der Waals surface area contributed by atoms with Crippen molar-refractivity contribution in [2.45, 2.75) is 18.6 Å². The molecule has 0 fully saturated rings. The molecule has 0 bridgehead atoms. The fraction of sp³-hybridized carbons (Fsp3) is 0.462. The van der Waals surface area contributed by atoms with E-state index in [4.69, 9.17) is 0 Å². The Kier molecular flexibility index (Phi) is 6.06. The predicted molar refractivity (Wildman–Crippen MR) is 74.3 cm³/mol. The third-order valence-corrected chi connectivity index (χ3v) is 4.29. The molecule has 2 unspecified atom stereocenters. The third-order valence-electron chi connectivity index (χ3n) is 2.92. The van der Waals surface area contributed by atoms with Crippen molar-refractivity contribution in [3.63, 3.8) is 0 Å². The first-order valence-corrected chi connectivity index (χ1v) is 7.63. The normalized spacial score (nSPS) is 13.7. The van der Waals surface area contributed by atoms with Crippen LogP contribution in [0.5, 0.6) is 0 Å². The summed E-state index contributed by atoms with van der Waals surface area (Å²) in [6.07, 6.45) is 2.15. The maximum absolute atomic E-state index is 13.7. The summed E-state index contributed by atoms with van der Waals surface area (Å²) in [6.45, 7) is 2.17. The van der Waals surface area contributed by atoms with Crippen LogP contribution in [0.4, 0.5) is 14.5 Å². The van der Waals surface area contributed by atoms with Gasteiger partial charge in [-0.15, -0.1) is 0 Å². The zero-order valence-electron chi connectivity index (χ0n) is 11.5. The molecule has 0 heterocycles. The van der Waals surface area contributed by atoms with E-state index in [0.717, 1.165) is 13.2 Å². The van der Waals surface area contributed by atoms with Crippen molar-refractivity contribution >= 4 is 22.5 Å². The Morgan fingerprint density at radius 2 is 2.05 bits per heavy atom. The summed E-state index contributed by atoms with van der Waals surface area (Å²) in [5.74, 6) is -3.30. The lowest BCUT2D eigenvalue weighted by Gasteiger charge is -2.12. The molecular weight excluding hydrogens is 288 g/mol. The number of anilines is 1. The highest BCUT2D eigenvalue weighted by Gasteiger charge is 2.19. The van der Waals surface area contributed by atoms with Gasteiger partial charge in [0.1, 0.15) is 0 Å². The van der Waals surface area contributed by atoms with Crippen LogP contribution in [0.1, 0.15) is 23.7 Å². The van der Waals surface area contributed by atoms with Crippen LogP contribution in [0.25, 0.3) is 0 Å². The van der Waals surface area contributed by atoms with Crippen LogP contribution in [-0.2, 0) is 15.5 Å². The van der Waals surface area contributed by atoms with Crippen LogP contribution in [0.15, 0.2) is 12.1 Å². The topological polar surface area (TPSA) is 55.4 Å². The summed E-state index contributed by atoms with van der Waals surface area (Å²) < 4.78 is 42.9. The number of carbonyl (C=O) groups is 1. The molecule has 1 N–H and O–H groups in total. The largest absolute Gasteiger partial charge is 0.465 e. The standard InChI is InChI=1S/C13H17F2NO3S/c1-8(20(3)18)6-7-16-10-5-4-9(13(17)19-2)11(14)12(10)15/h4-5,8,16H,6-7H2,1-3H3. The third kappa shape index (κ3) is 4.00. The number of rotatable bonds is 6. The Morgan fingerprint density at radius 1 is 1.40 bits per heavy atom. The summed E-state index contributed by atoms with van der Waals surface area (Å²) in [7, 11) is 0.137. The highest BCUT2D eigenvalue weighted by Crippen LogP contribution is 2.21. The zero-order chi connectivity index (χ0) is 15.3. The minimum Gasteiger partial charge on any atom is -0.465 e. The smallest absolute Gasteiger partial charge is 0.340 e. The molecule has 0 aliphatic rings. The van der Waals surface area contributed by atoms with E-state index in [2.05, 4.69) is 10.1 Å². The molecule has 0 radical (unpaired) electrons. The van der Waals surface area contributed by atoms with E-state index in [1.165, 1.54) is 6.07 Å². The summed E-state index contributed by atoms with van der Waals surface area (Å²) >= 11 is 0. The van der Waals surface area contributed by atoms with E-state index >= 15 is 0 Å². The van der Waals surface area contributed by atoms with Crippen LogP contribution in [0.2, 0.25) is 0 Å². The van der Waals surface area contributed by atoms with Crippen LogP contribution in [0, 0.1) is 11.6 Å². The van der Waals surface area contributed by atoms with Gasteiger partial charge in [0, 0.05) is 28.9 Å². The molecule has 1 aromatic rings. The van der Waals surface area contributed by atoms with Gasteiger partial charge in [0.25, 0.3) is 0 Å². The Morgan fingerprint density at radius 3 is 2.60 bits per heavy atom. The number of nitrogens with one attached hydrogen (secondary N) is 1. The molecule has 1 aromatic carbocycles. The zero-order valence-corrected chi connectivity index (χ0v) is 12.4. The molecule has 0 saturated carbocycles. The van der Waals surface area contributed by atoms with E-state index in [1.807, 2.05) is 6.92 Å². The quantitative estimate of drug-likeness (QED) is 0.820. The number of esters is 1. The van der Waals surface area contributed by atoms with Crippen LogP contribution in [0.3, 0.4) is 0 Å². The second-order valence-electron chi connectivity index (χ2n) is 4.30. The van der Waals surface area contributed by atoms with Gasteiger partial charge in [0.15, 0.2) is 11.6 Å². The number of carbonyl (C=O) groups excluding carboxylic acids is 1. The first-order valence-electron chi connectivity index (χ1n) is 6.00. The average Bonchev–Trinajstić information content (AvgIpc) is 2.42. The Hall–Kier alpha value is -1.50. The summed E-state index contributed by atoms with van der Waals surface area (Å²) in [5, 5.41) is 2.68.